The molecule has 0 saturated heterocycles. The van der Waals surface area contributed by atoms with Crippen LogP contribution in [0.4, 0.5) is 0 Å². The van der Waals surface area contributed by atoms with E-state index in [4.69, 9.17) is 10.8 Å². The number of phenolic OH excluding ortho intramolecular Hbond substituents is 1. The molecule has 0 bridgehead atoms. The first-order valence-corrected chi connectivity index (χ1v) is 11.3. The second-order valence-electron chi connectivity index (χ2n) is 8.63. The highest BCUT2D eigenvalue weighted by Gasteiger charge is 2.32. The third-order valence-electron chi connectivity index (χ3n) is 5.38. The Morgan fingerprint density at radius 1 is 0.972 bits per heavy atom. The largest absolute Gasteiger partial charge is 0.508 e. The number of nitrogens with zero attached hydrogens (tertiary/aromatic N) is 1. The van der Waals surface area contributed by atoms with Crippen LogP contribution in [0, 0.1) is 5.92 Å². The maximum atomic E-state index is 13.2. The lowest BCUT2D eigenvalue weighted by molar-refractivity contribution is -0.142. The second kappa shape index (κ2) is 13.2. The van der Waals surface area contributed by atoms with Crippen molar-refractivity contribution < 1.29 is 34.5 Å². The van der Waals surface area contributed by atoms with E-state index in [2.05, 4.69) is 25.9 Å². The molecule has 0 fully saturated rings. The van der Waals surface area contributed by atoms with Gasteiger partial charge in [0.2, 0.25) is 17.7 Å². The van der Waals surface area contributed by atoms with E-state index < -0.39 is 60.4 Å². The third-order valence-corrected chi connectivity index (χ3v) is 5.38. The number of rotatable bonds is 13. The highest BCUT2D eigenvalue weighted by atomic mass is 16.4. The van der Waals surface area contributed by atoms with Crippen molar-refractivity contribution in [2.24, 2.45) is 11.7 Å². The average Bonchev–Trinajstić information content (AvgIpc) is 3.35. The maximum Gasteiger partial charge on any atom is 0.326 e. The van der Waals surface area contributed by atoms with E-state index in [1.807, 2.05) is 0 Å². The van der Waals surface area contributed by atoms with Crippen molar-refractivity contribution in [1.29, 1.82) is 0 Å². The number of aliphatic hydroxyl groups excluding tert-OH is 1. The first-order chi connectivity index (χ1) is 17.0. The molecule has 13 heteroatoms. The molecule has 0 saturated carbocycles. The van der Waals surface area contributed by atoms with Crippen LogP contribution >= 0.6 is 0 Å². The predicted molar refractivity (Wildman–Crippen MR) is 127 cm³/mol. The number of aromatic amines is 1. The lowest BCUT2D eigenvalue weighted by Crippen LogP contribution is -2.59. The summed E-state index contributed by atoms with van der Waals surface area (Å²) in [7, 11) is 0. The van der Waals surface area contributed by atoms with Gasteiger partial charge in [-0.2, -0.15) is 0 Å². The number of amides is 3. The highest BCUT2D eigenvalue weighted by Crippen LogP contribution is 2.12. The summed E-state index contributed by atoms with van der Waals surface area (Å²) in [6, 6.07) is 1.14. The highest BCUT2D eigenvalue weighted by molar-refractivity contribution is 5.94. The molecule has 13 nitrogen and oxygen atoms in total. The number of phenols is 1. The Bertz CT molecular complexity index is 1030. The van der Waals surface area contributed by atoms with E-state index >= 15 is 0 Å². The number of carbonyl (C=O) groups is 4. The molecule has 0 aliphatic rings. The number of carboxylic acid groups (broad SMARTS) is 1. The predicted octanol–water partition coefficient (Wildman–Crippen LogP) is -1.58. The number of aliphatic hydroxyl groups is 1. The van der Waals surface area contributed by atoms with Crippen LogP contribution in [0.1, 0.15) is 25.1 Å². The molecule has 4 unspecified atom stereocenters. The van der Waals surface area contributed by atoms with Gasteiger partial charge in [0.15, 0.2) is 0 Å². The zero-order chi connectivity index (χ0) is 26.8. The normalized spacial score (nSPS) is 14.4. The fourth-order valence-electron chi connectivity index (χ4n) is 3.31. The van der Waals surface area contributed by atoms with Crippen LogP contribution < -0.4 is 21.7 Å². The Hall–Kier alpha value is -3.97. The van der Waals surface area contributed by atoms with Crippen molar-refractivity contribution in [2.45, 2.75) is 50.9 Å². The maximum absolute atomic E-state index is 13.2. The quantitative estimate of drug-likeness (QED) is 0.157. The van der Waals surface area contributed by atoms with Crippen LogP contribution in [-0.2, 0) is 32.0 Å². The first kappa shape index (κ1) is 28.3. The van der Waals surface area contributed by atoms with Crippen molar-refractivity contribution in [2.75, 3.05) is 6.61 Å². The molecule has 196 valence electrons. The van der Waals surface area contributed by atoms with E-state index in [-0.39, 0.29) is 18.6 Å². The van der Waals surface area contributed by atoms with Gasteiger partial charge in [0.1, 0.15) is 29.9 Å². The number of aromatic nitrogens is 2. The Morgan fingerprint density at radius 2 is 1.61 bits per heavy atom. The summed E-state index contributed by atoms with van der Waals surface area (Å²) < 4.78 is 0. The van der Waals surface area contributed by atoms with Gasteiger partial charge in [0, 0.05) is 24.7 Å². The minimum Gasteiger partial charge on any atom is -0.508 e. The van der Waals surface area contributed by atoms with Gasteiger partial charge < -0.3 is 42.0 Å². The molecule has 36 heavy (non-hydrogen) atoms. The molecule has 1 heterocycles. The monoisotopic (exact) mass is 504 g/mol. The molecule has 0 radical (unpaired) electrons. The van der Waals surface area contributed by atoms with Gasteiger partial charge in [-0.3, -0.25) is 14.4 Å². The lowest BCUT2D eigenvalue weighted by Gasteiger charge is -2.27. The summed E-state index contributed by atoms with van der Waals surface area (Å²) in [5, 5.41) is 35.7. The van der Waals surface area contributed by atoms with E-state index in [1.165, 1.54) is 24.7 Å². The molecular weight excluding hydrogens is 472 g/mol. The van der Waals surface area contributed by atoms with Crippen LogP contribution in [0.15, 0.2) is 36.8 Å². The zero-order valence-corrected chi connectivity index (χ0v) is 20.0. The Kier molecular flexibility index (Phi) is 10.4. The number of H-pyrrole nitrogens is 1. The van der Waals surface area contributed by atoms with Gasteiger partial charge in [-0.25, -0.2) is 9.78 Å². The summed E-state index contributed by atoms with van der Waals surface area (Å²) >= 11 is 0. The fourth-order valence-corrected chi connectivity index (χ4v) is 3.31. The van der Waals surface area contributed by atoms with Gasteiger partial charge in [-0.05, 0) is 23.6 Å². The van der Waals surface area contributed by atoms with Crippen LogP contribution in [0.5, 0.6) is 5.75 Å². The van der Waals surface area contributed by atoms with Crippen molar-refractivity contribution in [1.82, 2.24) is 25.9 Å². The number of nitrogens with two attached hydrogens (primary N) is 1. The minimum absolute atomic E-state index is 0.0000112. The molecule has 2 rings (SSSR count). The molecule has 2 aromatic rings. The molecule has 3 amide bonds. The summed E-state index contributed by atoms with van der Waals surface area (Å²) in [4.78, 5) is 56.7. The number of hydrogen-bond donors (Lipinski definition) is 8. The lowest BCUT2D eigenvalue weighted by atomic mass is 10.00. The third kappa shape index (κ3) is 8.36. The number of hydrogen-bond acceptors (Lipinski definition) is 8. The van der Waals surface area contributed by atoms with E-state index in [9.17, 15) is 29.4 Å². The van der Waals surface area contributed by atoms with Crippen molar-refractivity contribution in [3.8, 4) is 5.75 Å². The molecule has 0 aliphatic heterocycles. The first-order valence-electron chi connectivity index (χ1n) is 11.3. The van der Waals surface area contributed by atoms with Gasteiger partial charge >= 0.3 is 5.97 Å². The van der Waals surface area contributed by atoms with Gasteiger partial charge in [0.25, 0.3) is 0 Å². The molecule has 1 aromatic heterocycles. The molecule has 0 spiro atoms. The molecular formula is C23H32N6O7. The van der Waals surface area contributed by atoms with Gasteiger partial charge in [-0.1, -0.05) is 26.0 Å². The number of carbonyl (C=O) groups excluding carboxylic acids is 3. The summed E-state index contributed by atoms with van der Waals surface area (Å²) in [5.74, 6) is -3.87. The Balaban J connectivity index is 2.18. The van der Waals surface area contributed by atoms with Gasteiger partial charge in [-0.15, -0.1) is 0 Å². The van der Waals surface area contributed by atoms with Crippen molar-refractivity contribution in [3.05, 3.63) is 48.0 Å². The Morgan fingerprint density at radius 3 is 2.14 bits per heavy atom. The smallest absolute Gasteiger partial charge is 0.326 e. The number of aromatic hydroxyl groups is 1. The van der Waals surface area contributed by atoms with Crippen molar-refractivity contribution in [3.63, 3.8) is 0 Å². The van der Waals surface area contributed by atoms with Crippen LogP contribution in [-0.4, -0.2) is 79.8 Å². The summed E-state index contributed by atoms with van der Waals surface area (Å²) in [5.41, 5.74) is 6.66. The summed E-state index contributed by atoms with van der Waals surface area (Å²) in [6.45, 7) is 2.71. The average molecular weight is 505 g/mol. The zero-order valence-electron chi connectivity index (χ0n) is 20.0. The summed E-state index contributed by atoms with van der Waals surface area (Å²) in [6.07, 6.45) is 2.79. The van der Waals surface area contributed by atoms with Crippen molar-refractivity contribution >= 4 is 23.7 Å². The van der Waals surface area contributed by atoms with E-state index in [0.29, 0.717) is 11.3 Å². The van der Waals surface area contributed by atoms with Crippen LogP contribution in [0.2, 0.25) is 0 Å². The number of carboxylic acids is 1. The number of benzene rings is 1. The van der Waals surface area contributed by atoms with Gasteiger partial charge in [0.05, 0.1) is 12.9 Å². The van der Waals surface area contributed by atoms with E-state index in [0.717, 1.165) is 0 Å². The minimum atomic E-state index is -1.27. The molecule has 0 aliphatic carbocycles. The SMILES string of the molecule is CC(C)C(NC(=O)C(Cc1ccc(O)cc1)NC(=O)C(N)CO)C(=O)NC(Cc1cnc[nH]1)C(=O)O. The number of nitrogens with one attached hydrogen (secondary N) is 4. The fraction of sp³-hybridized carbons (Fsp3) is 0.435. The molecule has 9 N–H and O–H groups in total. The van der Waals surface area contributed by atoms with Crippen LogP contribution in [0.3, 0.4) is 0 Å². The molecule has 4 atom stereocenters. The number of imidazole rings is 1. The standard InChI is InChI=1S/C23H32N6O7/c1-12(2)19(22(34)28-18(23(35)36)8-14-9-25-11-26-14)29-21(33)17(27-20(32)16(24)10-30)7-13-3-5-15(31)6-4-13/h3-6,9,11-12,16-19,30-31H,7-8,10,24H2,1-2H3,(H,25,26)(H,27,32)(H,28,34)(H,29,33)(H,35,36). The van der Waals surface area contributed by atoms with Crippen LogP contribution in [0.25, 0.3) is 0 Å². The van der Waals surface area contributed by atoms with E-state index in [1.54, 1.807) is 26.0 Å². The second-order valence-corrected chi connectivity index (χ2v) is 8.63. The topological polar surface area (TPSA) is 220 Å². The number of aliphatic carboxylic acids is 1. The molecule has 1 aromatic carbocycles. The Labute approximate surface area is 207 Å².